The van der Waals surface area contributed by atoms with Crippen LogP contribution in [0.1, 0.15) is 20.3 Å². The number of aliphatic hydroxyl groups is 1. The van der Waals surface area contributed by atoms with Crippen molar-refractivity contribution < 1.29 is 14.6 Å². The number of aliphatic hydroxyl groups excluding tert-OH is 1. The Morgan fingerprint density at radius 1 is 1.41 bits per heavy atom. The zero-order valence-electron chi connectivity index (χ0n) is 13.6. The molecule has 1 rings (SSSR count). The van der Waals surface area contributed by atoms with Crippen LogP contribution in [0.3, 0.4) is 0 Å². The van der Waals surface area contributed by atoms with Crippen LogP contribution in [0.25, 0.3) is 0 Å². The molecule has 0 saturated heterocycles. The SMILES string of the molecule is CC(C)C(O)CC(=O)Nc1ccc(OCCN(C)C)c(Cl)c1. The predicted molar refractivity (Wildman–Crippen MR) is 89.6 cm³/mol. The molecule has 0 aliphatic heterocycles. The zero-order valence-corrected chi connectivity index (χ0v) is 14.4. The van der Waals surface area contributed by atoms with Crippen LogP contribution in [-0.2, 0) is 4.79 Å². The highest BCUT2D eigenvalue weighted by Crippen LogP contribution is 2.27. The summed E-state index contributed by atoms with van der Waals surface area (Å²) >= 11 is 6.15. The number of nitrogens with zero attached hydrogens (tertiary/aromatic N) is 1. The number of anilines is 1. The predicted octanol–water partition coefficient (Wildman–Crippen LogP) is 2.63. The van der Waals surface area contributed by atoms with E-state index < -0.39 is 6.10 Å². The van der Waals surface area contributed by atoms with Crippen molar-refractivity contribution in [1.29, 1.82) is 0 Å². The molecule has 0 fully saturated rings. The summed E-state index contributed by atoms with van der Waals surface area (Å²) in [6, 6.07) is 5.11. The lowest BCUT2D eigenvalue weighted by Crippen LogP contribution is -2.23. The highest BCUT2D eigenvalue weighted by molar-refractivity contribution is 6.32. The quantitative estimate of drug-likeness (QED) is 0.770. The third-order valence-electron chi connectivity index (χ3n) is 3.18. The molecule has 0 heterocycles. The van der Waals surface area contributed by atoms with Crippen LogP contribution >= 0.6 is 11.6 Å². The molecule has 1 aromatic rings. The monoisotopic (exact) mass is 328 g/mol. The number of hydrogen-bond acceptors (Lipinski definition) is 4. The number of amides is 1. The molecule has 124 valence electrons. The van der Waals surface area contributed by atoms with Crippen LogP contribution in [0.15, 0.2) is 18.2 Å². The summed E-state index contributed by atoms with van der Waals surface area (Å²) in [5, 5.41) is 12.9. The van der Waals surface area contributed by atoms with Crippen molar-refractivity contribution in [2.45, 2.75) is 26.4 Å². The number of carbonyl (C=O) groups is 1. The fourth-order valence-corrected chi connectivity index (χ4v) is 1.91. The number of carbonyl (C=O) groups excluding carboxylic acids is 1. The van der Waals surface area contributed by atoms with Crippen molar-refractivity contribution in [3.8, 4) is 5.75 Å². The van der Waals surface area contributed by atoms with Crippen LogP contribution in [0.4, 0.5) is 5.69 Å². The Hall–Kier alpha value is -1.30. The number of hydrogen-bond donors (Lipinski definition) is 2. The van der Waals surface area contributed by atoms with Gasteiger partial charge in [-0.3, -0.25) is 4.79 Å². The molecule has 5 nitrogen and oxygen atoms in total. The molecule has 0 bridgehead atoms. The molecule has 1 amide bonds. The van der Waals surface area contributed by atoms with E-state index in [1.165, 1.54) is 0 Å². The van der Waals surface area contributed by atoms with Crippen molar-refractivity contribution in [3.05, 3.63) is 23.2 Å². The van der Waals surface area contributed by atoms with Crippen molar-refractivity contribution in [2.24, 2.45) is 5.92 Å². The molecule has 0 saturated carbocycles. The molecule has 1 atom stereocenters. The van der Waals surface area contributed by atoms with Crippen LogP contribution in [-0.4, -0.2) is 49.3 Å². The maximum Gasteiger partial charge on any atom is 0.226 e. The minimum Gasteiger partial charge on any atom is -0.491 e. The Kier molecular flexibility index (Phi) is 7.65. The molecule has 0 spiro atoms. The number of benzene rings is 1. The maximum atomic E-state index is 11.8. The van der Waals surface area contributed by atoms with Gasteiger partial charge in [0.05, 0.1) is 17.5 Å². The third kappa shape index (κ3) is 6.64. The lowest BCUT2D eigenvalue weighted by molar-refractivity contribution is -0.118. The Morgan fingerprint density at radius 2 is 2.09 bits per heavy atom. The molecule has 0 aliphatic rings. The summed E-state index contributed by atoms with van der Waals surface area (Å²) in [4.78, 5) is 13.8. The lowest BCUT2D eigenvalue weighted by atomic mass is 10.0. The van der Waals surface area contributed by atoms with E-state index in [9.17, 15) is 9.90 Å². The first-order valence-corrected chi connectivity index (χ1v) is 7.72. The molecule has 0 aliphatic carbocycles. The molecule has 1 aromatic carbocycles. The molecular formula is C16H25ClN2O3. The smallest absolute Gasteiger partial charge is 0.226 e. The standard InChI is InChI=1S/C16H25ClN2O3/c1-11(2)14(20)10-16(21)18-12-5-6-15(13(17)9-12)22-8-7-19(3)4/h5-6,9,11,14,20H,7-8,10H2,1-4H3,(H,18,21). The minimum atomic E-state index is -0.649. The lowest BCUT2D eigenvalue weighted by Gasteiger charge is -2.15. The fraction of sp³-hybridized carbons (Fsp3) is 0.562. The first-order valence-electron chi connectivity index (χ1n) is 7.34. The second-order valence-corrected chi connectivity index (χ2v) is 6.27. The Morgan fingerprint density at radius 3 is 2.64 bits per heavy atom. The van der Waals surface area contributed by atoms with E-state index in [4.69, 9.17) is 16.3 Å². The molecule has 0 radical (unpaired) electrons. The topological polar surface area (TPSA) is 61.8 Å². The van der Waals surface area contributed by atoms with Crippen molar-refractivity contribution in [2.75, 3.05) is 32.6 Å². The van der Waals surface area contributed by atoms with Gasteiger partial charge in [0.1, 0.15) is 12.4 Å². The molecule has 0 aromatic heterocycles. The average molecular weight is 329 g/mol. The first kappa shape index (κ1) is 18.7. The molecular weight excluding hydrogens is 304 g/mol. The van der Waals surface area contributed by atoms with Gasteiger partial charge in [-0.15, -0.1) is 0 Å². The Bertz CT molecular complexity index is 492. The summed E-state index contributed by atoms with van der Waals surface area (Å²) in [6.07, 6.45) is -0.583. The van der Waals surface area contributed by atoms with Gasteiger partial charge in [-0.05, 0) is 38.2 Å². The Balaban J connectivity index is 2.56. The van der Waals surface area contributed by atoms with Crippen molar-refractivity contribution in [1.82, 2.24) is 4.90 Å². The summed E-state index contributed by atoms with van der Waals surface area (Å²) in [5.41, 5.74) is 0.589. The molecule has 6 heteroatoms. The number of halogens is 1. The van der Waals surface area contributed by atoms with E-state index in [2.05, 4.69) is 5.32 Å². The fourth-order valence-electron chi connectivity index (χ4n) is 1.67. The number of rotatable bonds is 8. The van der Waals surface area contributed by atoms with Gasteiger partial charge >= 0.3 is 0 Å². The van der Waals surface area contributed by atoms with Crippen LogP contribution in [0.5, 0.6) is 5.75 Å². The van der Waals surface area contributed by atoms with Gasteiger partial charge in [0.25, 0.3) is 0 Å². The van der Waals surface area contributed by atoms with Crippen molar-refractivity contribution >= 4 is 23.2 Å². The second-order valence-electron chi connectivity index (χ2n) is 5.86. The molecule has 2 N–H and O–H groups in total. The number of nitrogens with one attached hydrogen (secondary N) is 1. The summed E-state index contributed by atoms with van der Waals surface area (Å²) in [6.45, 7) is 5.07. The van der Waals surface area contributed by atoms with Crippen LogP contribution < -0.4 is 10.1 Å². The average Bonchev–Trinajstić information content (AvgIpc) is 2.40. The largest absolute Gasteiger partial charge is 0.491 e. The van der Waals surface area contributed by atoms with Gasteiger partial charge in [-0.2, -0.15) is 0 Å². The number of likely N-dealkylation sites (N-methyl/N-ethyl adjacent to an activating group) is 1. The second kappa shape index (κ2) is 8.98. The van der Waals surface area contributed by atoms with E-state index >= 15 is 0 Å². The minimum absolute atomic E-state index is 0.0433. The van der Waals surface area contributed by atoms with Gasteiger partial charge in [-0.25, -0.2) is 0 Å². The van der Waals surface area contributed by atoms with Gasteiger partial charge in [0.15, 0.2) is 0 Å². The Labute approximate surface area is 137 Å². The normalized spacial score (nSPS) is 12.5. The van der Waals surface area contributed by atoms with Crippen LogP contribution in [0.2, 0.25) is 5.02 Å². The van der Waals surface area contributed by atoms with Gasteiger partial charge in [-0.1, -0.05) is 25.4 Å². The number of ether oxygens (including phenoxy) is 1. The summed E-state index contributed by atoms with van der Waals surface area (Å²) in [7, 11) is 3.93. The summed E-state index contributed by atoms with van der Waals surface area (Å²) in [5.74, 6) is 0.393. The summed E-state index contributed by atoms with van der Waals surface area (Å²) < 4.78 is 5.58. The highest BCUT2D eigenvalue weighted by atomic mass is 35.5. The van der Waals surface area contributed by atoms with Crippen molar-refractivity contribution in [3.63, 3.8) is 0 Å². The maximum absolute atomic E-state index is 11.8. The third-order valence-corrected chi connectivity index (χ3v) is 3.47. The van der Waals surface area contributed by atoms with Crippen LogP contribution in [0, 0.1) is 5.92 Å². The van der Waals surface area contributed by atoms with E-state index in [1.807, 2.05) is 32.8 Å². The van der Waals surface area contributed by atoms with Gasteiger partial charge in [0, 0.05) is 12.2 Å². The van der Waals surface area contributed by atoms with Gasteiger partial charge in [0.2, 0.25) is 5.91 Å². The van der Waals surface area contributed by atoms with Gasteiger partial charge < -0.3 is 20.1 Å². The molecule has 22 heavy (non-hydrogen) atoms. The zero-order chi connectivity index (χ0) is 16.7. The van der Waals surface area contributed by atoms with E-state index in [0.717, 1.165) is 6.54 Å². The molecule has 1 unspecified atom stereocenters. The van der Waals surface area contributed by atoms with E-state index in [1.54, 1.807) is 18.2 Å². The highest BCUT2D eigenvalue weighted by Gasteiger charge is 2.14. The van der Waals surface area contributed by atoms with E-state index in [-0.39, 0.29) is 18.2 Å². The van der Waals surface area contributed by atoms with E-state index in [0.29, 0.717) is 23.1 Å². The first-order chi connectivity index (χ1) is 10.3.